The highest BCUT2D eigenvalue weighted by atomic mass is 32.1. The molecule has 0 bridgehead atoms. The number of thiazole rings is 1. The van der Waals surface area contributed by atoms with E-state index in [1.807, 2.05) is 46.4 Å². The lowest BCUT2D eigenvalue weighted by Gasteiger charge is -2.24. The molecule has 3 heterocycles. The fraction of sp³-hybridized carbons (Fsp3) is 0.250. The first-order valence-corrected chi connectivity index (χ1v) is 7.82. The second kappa shape index (κ2) is 5.00. The number of carbonyl (C=O) groups is 1. The highest BCUT2D eigenvalue weighted by Gasteiger charge is 2.26. The average Bonchev–Trinajstić information content (AvgIpc) is 3.08. The number of fused-ring (bicyclic) bond motifs is 2. The lowest BCUT2D eigenvalue weighted by atomic mass is 9.91. The summed E-state index contributed by atoms with van der Waals surface area (Å²) in [6, 6.07) is 7.93. The molecule has 2 aromatic heterocycles. The Labute approximate surface area is 126 Å². The molecule has 21 heavy (non-hydrogen) atoms. The van der Waals surface area contributed by atoms with Gasteiger partial charge in [-0.05, 0) is 18.1 Å². The lowest BCUT2D eigenvalue weighted by molar-refractivity contribution is -0.123. The topological polar surface area (TPSA) is 43.6 Å². The van der Waals surface area contributed by atoms with E-state index in [1.54, 1.807) is 11.3 Å². The molecule has 0 N–H and O–H groups in total. The molecular weight excluding hydrogens is 284 g/mol. The van der Waals surface area contributed by atoms with E-state index >= 15 is 0 Å². The molecular formula is C16H14N2O2S. The molecule has 1 aliphatic rings. The minimum Gasteiger partial charge on any atom is -0.493 e. The maximum absolute atomic E-state index is 12.5. The van der Waals surface area contributed by atoms with Gasteiger partial charge in [0.1, 0.15) is 11.5 Å². The monoisotopic (exact) mass is 298 g/mol. The van der Waals surface area contributed by atoms with Gasteiger partial charge in [0, 0.05) is 17.8 Å². The van der Waals surface area contributed by atoms with Crippen molar-refractivity contribution in [1.82, 2.24) is 9.38 Å². The lowest BCUT2D eigenvalue weighted by Crippen LogP contribution is -2.29. The summed E-state index contributed by atoms with van der Waals surface area (Å²) >= 11 is 1.58. The van der Waals surface area contributed by atoms with Crippen LogP contribution < -0.4 is 4.74 Å². The number of ketones is 1. The number of benzene rings is 1. The van der Waals surface area contributed by atoms with Crippen LogP contribution in [0, 0.1) is 5.92 Å². The largest absolute Gasteiger partial charge is 0.493 e. The van der Waals surface area contributed by atoms with Crippen LogP contribution >= 0.6 is 11.3 Å². The van der Waals surface area contributed by atoms with Crippen molar-refractivity contribution in [3.63, 3.8) is 0 Å². The standard InChI is InChI=1S/C16H14N2O2S/c19-14(8-13-9-18-5-6-21-16(18)17-13)12-7-11-3-1-2-4-15(11)20-10-12/h1-6,9,12H,7-8,10H2. The number of aromatic nitrogens is 2. The molecule has 5 heteroatoms. The van der Waals surface area contributed by atoms with Crippen LogP contribution in [0.3, 0.4) is 0 Å². The highest BCUT2D eigenvalue weighted by molar-refractivity contribution is 7.15. The first kappa shape index (κ1) is 12.6. The van der Waals surface area contributed by atoms with Gasteiger partial charge in [-0.15, -0.1) is 11.3 Å². The van der Waals surface area contributed by atoms with Gasteiger partial charge in [0.15, 0.2) is 4.96 Å². The van der Waals surface area contributed by atoms with E-state index in [9.17, 15) is 4.79 Å². The van der Waals surface area contributed by atoms with Gasteiger partial charge >= 0.3 is 0 Å². The summed E-state index contributed by atoms with van der Waals surface area (Å²) in [7, 11) is 0. The van der Waals surface area contributed by atoms with Crippen LogP contribution in [0.25, 0.3) is 4.96 Å². The molecule has 0 saturated heterocycles. The molecule has 1 aliphatic heterocycles. The molecule has 0 amide bonds. The summed E-state index contributed by atoms with van der Waals surface area (Å²) in [6.07, 6.45) is 5.03. The molecule has 4 rings (SSSR count). The summed E-state index contributed by atoms with van der Waals surface area (Å²) in [5.41, 5.74) is 1.96. The van der Waals surface area contributed by atoms with Gasteiger partial charge in [-0.2, -0.15) is 0 Å². The number of carbonyl (C=O) groups excluding carboxylic acids is 1. The Bertz CT molecular complexity index is 777. The summed E-state index contributed by atoms with van der Waals surface area (Å²) in [5, 5.41) is 1.99. The third kappa shape index (κ3) is 2.34. The predicted molar refractivity (Wildman–Crippen MR) is 80.9 cm³/mol. The van der Waals surface area contributed by atoms with Crippen LogP contribution in [0.2, 0.25) is 0 Å². The Balaban J connectivity index is 1.49. The molecule has 1 aromatic carbocycles. The first-order chi connectivity index (χ1) is 10.3. The van der Waals surface area contributed by atoms with Crippen molar-refractivity contribution in [2.24, 2.45) is 5.92 Å². The molecule has 0 radical (unpaired) electrons. The molecule has 4 nitrogen and oxygen atoms in total. The second-order valence-corrected chi connectivity index (χ2v) is 6.16. The highest BCUT2D eigenvalue weighted by Crippen LogP contribution is 2.27. The average molecular weight is 298 g/mol. The Kier molecular flexibility index (Phi) is 3.00. The number of rotatable bonds is 3. The zero-order chi connectivity index (χ0) is 14.2. The zero-order valence-corrected chi connectivity index (χ0v) is 12.2. The maximum Gasteiger partial charge on any atom is 0.193 e. The van der Waals surface area contributed by atoms with Gasteiger partial charge in [0.05, 0.1) is 24.6 Å². The predicted octanol–water partition coefficient (Wildman–Crippen LogP) is 2.76. The Hall–Kier alpha value is -2.14. The van der Waals surface area contributed by atoms with Gasteiger partial charge in [-0.1, -0.05) is 18.2 Å². The van der Waals surface area contributed by atoms with Crippen molar-refractivity contribution in [3.8, 4) is 5.75 Å². The van der Waals surface area contributed by atoms with E-state index in [0.29, 0.717) is 13.0 Å². The Morgan fingerprint density at radius 2 is 2.33 bits per heavy atom. The van der Waals surface area contributed by atoms with Crippen molar-refractivity contribution < 1.29 is 9.53 Å². The van der Waals surface area contributed by atoms with Crippen LogP contribution in [0.1, 0.15) is 11.3 Å². The number of para-hydroxylation sites is 1. The van der Waals surface area contributed by atoms with Crippen LogP contribution in [0.5, 0.6) is 5.75 Å². The van der Waals surface area contributed by atoms with Gasteiger partial charge in [-0.25, -0.2) is 4.98 Å². The van der Waals surface area contributed by atoms with Crippen LogP contribution in [-0.2, 0) is 17.6 Å². The SMILES string of the molecule is O=C(Cc1cn2ccsc2n1)C1COc2ccccc2C1. The third-order valence-electron chi connectivity index (χ3n) is 3.83. The third-order valence-corrected chi connectivity index (χ3v) is 4.60. The summed E-state index contributed by atoms with van der Waals surface area (Å²) in [6.45, 7) is 0.470. The number of hydrogen-bond acceptors (Lipinski definition) is 4. The first-order valence-electron chi connectivity index (χ1n) is 6.94. The molecule has 106 valence electrons. The van der Waals surface area contributed by atoms with Crippen molar-refractivity contribution in [2.75, 3.05) is 6.61 Å². The van der Waals surface area contributed by atoms with E-state index in [1.165, 1.54) is 0 Å². The molecule has 0 saturated carbocycles. The molecule has 1 atom stereocenters. The quantitative estimate of drug-likeness (QED) is 0.747. The minimum atomic E-state index is -0.0698. The zero-order valence-electron chi connectivity index (χ0n) is 11.4. The Morgan fingerprint density at radius 3 is 3.24 bits per heavy atom. The molecule has 3 aromatic rings. The second-order valence-electron chi connectivity index (χ2n) is 5.29. The van der Waals surface area contributed by atoms with E-state index in [4.69, 9.17) is 4.74 Å². The van der Waals surface area contributed by atoms with E-state index in [0.717, 1.165) is 28.4 Å². The van der Waals surface area contributed by atoms with E-state index < -0.39 is 0 Å². The van der Waals surface area contributed by atoms with Crippen LogP contribution in [0.4, 0.5) is 0 Å². The summed E-state index contributed by atoms with van der Waals surface area (Å²) in [4.78, 5) is 17.9. The maximum atomic E-state index is 12.5. The number of imidazole rings is 1. The number of nitrogens with zero attached hydrogens (tertiary/aromatic N) is 2. The van der Waals surface area contributed by atoms with E-state index in [2.05, 4.69) is 4.98 Å². The molecule has 0 aliphatic carbocycles. The van der Waals surface area contributed by atoms with Crippen molar-refractivity contribution in [3.05, 3.63) is 53.3 Å². The minimum absolute atomic E-state index is 0.0698. The number of Topliss-reactive ketones (excluding diaryl/α,β-unsaturated/α-hetero) is 1. The van der Waals surface area contributed by atoms with Crippen molar-refractivity contribution in [1.29, 1.82) is 0 Å². The fourth-order valence-corrected chi connectivity index (χ4v) is 3.44. The van der Waals surface area contributed by atoms with E-state index in [-0.39, 0.29) is 11.7 Å². The van der Waals surface area contributed by atoms with Crippen LogP contribution in [0.15, 0.2) is 42.0 Å². The number of hydrogen-bond donors (Lipinski definition) is 0. The molecule has 0 fully saturated rings. The van der Waals surface area contributed by atoms with Gasteiger partial charge in [-0.3, -0.25) is 9.20 Å². The smallest absolute Gasteiger partial charge is 0.193 e. The number of ether oxygens (including phenoxy) is 1. The van der Waals surface area contributed by atoms with Crippen LogP contribution in [-0.4, -0.2) is 21.8 Å². The van der Waals surface area contributed by atoms with Crippen molar-refractivity contribution >= 4 is 22.1 Å². The molecule has 0 spiro atoms. The summed E-state index contributed by atoms with van der Waals surface area (Å²) in [5.74, 6) is 1.04. The Morgan fingerprint density at radius 1 is 1.43 bits per heavy atom. The summed E-state index contributed by atoms with van der Waals surface area (Å²) < 4.78 is 7.65. The normalized spacial score (nSPS) is 17.4. The molecule has 1 unspecified atom stereocenters. The van der Waals surface area contributed by atoms with Crippen molar-refractivity contribution in [2.45, 2.75) is 12.8 Å². The van der Waals surface area contributed by atoms with Gasteiger partial charge in [0.2, 0.25) is 0 Å². The fourth-order valence-electron chi connectivity index (χ4n) is 2.72. The van der Waals surface area contributed by atoms with Gasteiger partial charge < -0.3 is 4.74 Å². The van der Waals surface area contributed by atoms with Gasteiger partial charge in [0.25, 0.3) is 0 Å².